The van der Waals surface area contributed by atoms with Gasteiger partial charge in [0.1, 0.15) is 17.9 Å². The van der Waals surface area contributed by atoms with Crippen molar-refractivity contribution in [2.45, 2.75) is 45.1 Å². The summed E-state index contributed by atoms with van der Waals surface area (Å²) in [6.45, 7) is 6.12. The number of nitrogens with zero attached hydrogens (tertiary/aromatic N) is 3. The van der Waals surface area contributed by atoms with Gasteiger partial charge in [-0.1, -0.05) is 32.0 Å². The number of ether oxygens (including phenoxy) is 1. The van der Waals surface area contributed by atoms with E-state index in [1.54, 1.807) is 6.33 Å². The van der Waals surface area contributed by atoms with Gasteiger partial charge in [0.2, 0.25) is 5.91 Å². The maximum atomic E-state index is 12.3. The van der Waals surface area contributed by atoms with E-state index < -0.39 is 0 Å². The number of hydrogen-bond acceptors (Lipinski definition) is 4. The lowest BCUT2D eigenvalue weighted by molar-refractivity contribution is -0.121. The Balaban J connectivity index is 1.51. The first kappa shape index (κ1) is 16.5. The Labute approximate surface area is 142 Å². The number of rotatable bonds is 6. The highest BCUT2D eigenvalue weighted by atomic mass is 16.5. The number of amides is 1. The third-order valence-electron chi connectivity index (χ3n) is 4.35. The number of carbonyl (C=O) groups excluding carboxylic acids is 1. The molecule has 6 heteroatoms. The summed E-state index contributed by atoms with van der Waals surface area (Å²) in [5, 5.41) is 11.1. The Morgan fingerprint density at radius 3 is 3.08 bits per heavy atom. The fraction of sp³-hybridized carbons (Fsp3) is 0.500. The molecule has 128 valence electrons. The van der Waals surface area contributed by atoms with E-state index in [4.69, 9.17) is 4.74 Å². The maximum Gasteiger partial charge on any atom is 0.220 e. The summed E-state index contributed by atoms with van der Waals surface area (Å²) in [4.78, 5) is 12.3. The summed E-state index contributed by atoms with van der Waals surface area (Å²) < 4.78 is 7.65. The van der Waals surface area contributed by atoms with Crippen molar-refractivity contribution >= 4 is 5.91 Å². The molecule has 0 fully saturated rings. The molecule has 6 nitrogen and oxygen atoms in total. The standard InChI is InChI=1S/C18H24N4O2/c1-13(2)18-21-20-12-22(18)9-8-19-17(23)11-14-7-10-24-16-6-4-3-5-15(14)16/h3-6,12-14H,7-11H2,1-2H3,(H,19,23)/t14-/m0/s1. The summed E-state index contributed by atoms with van der Waals surface area (Å²) >= 11 is 0. The third kappa shape index (κ3) is 3.75. The largest absolute Gasteiger partial charge is 0.493 e. The molecular formula is C18H24N4O2. The Kier molecular flexibility index (Phi) is 5.13. The summed E-state index contributed by atoms with van der Waals surface area (Å²) in [5.74, 6) is 2.49. The highest BCUT2D eigenvalue weighted by molar-refractivity contribution is 5.77. The van der Waals surface area contributed by atoms with E-state index in [-0.39, 0.29) is 11.8 Å². The predicted molar refractivity (Wildman–Crippen MR) is 91.0 cm³/mol. The lowest BCUT2D eigenvalue weighted by atomic mass is 9.90. The monoisotopic (exact) mass is 328 g/mol. The van der Waals surface area contributed by atoms with Crippen LogP contribution < -0.4 is 10.1 Å². The van der Waals surface area contributed by atoms with Crippen LogP contribution in [-0.4, -0.2) is 33.8 Å². The van der Waals surface area contributed by atoms with Gasteiger partial charge in [-0.2, -0.15) is 0 Å². The van der Waals surface area contributed by atoms with E-state index in [0.29, 0.717) is 32.0 Å². The van der Waals surface area contributed by atoms with Crippen LogP contribution in [0.3, 0.4) is 0 Å². The van der Waals surface area contributed by atoms with Gasteiger partial charge in [0, 0.05) is 25.4 Å². The number of nitrogens with one attached hydrogen (secondary N) is 1. The maximum absolute atomic E-state index is 12.3. The first-order valence-corrected chi connectivity index (χ1v) is 8.51. The zero-order chi connectivity index (χ0) is 16.9. The minimum atomic E-state index is 0.0795. The topological polar surface area (TPSA) is 69.0 Å². The van der Waals surface area contributed by atoms with Crippen LogP contribution in [0.1, 0.15) is 49.9 Å². The van der Waals surface area contributed by atoms with Crippen molar-refractivity contribution in [3.05, 3.63) is 42.0 Å². The van der Waals surface area contributed by atoms with Gasteiger partial charge in [0.05, 0.1) is 6.61 Å². The summed E-state index contributed by atoms with van der Waals surface area (Å²) in [5.41, 5.74) is 1.14. The van der Waals surface area contributed by atoms with Crippen molar-refractivity contribution in [1.82, 2.24) is 20.1 Å². The Hall–Kier alpha value is -2.37. The fourth-order valence-electron chi connectivity index (χ4n) is 3.12. The Morgan fingerprint density at radius 1 is 1.42 bits per heavy atom. The molecule has 1 atom stereocenters. The van der Waals surface area contributed by atoms with Crippen LogP contribution >= 0.6 is 0 Å². The van der Waals surface area contributed by atoms with Gasteiger partial charge in [-0.25, -0.2) is 0 Å². The van der Waals surface area contributed by atoms with Crippen LogP contribution in [-0.2, 0) is 11.3 Å². The average Bonchev–Trinajstić information content (AvgIpc) is 3.04. The number of fused-ring (bicyclic) bond motifs is 1. The lowest BCUT2D eigenvalue weighted by Gasteiger charge is -2.25. The molecule has 2 aromatic rings. The van der Waals surface area contributed by atoms with Gasteiger partial charge in [0.15, 0.2) is 0 Å². The van der Waals surface area contributed by atoms with Crippen LogP contribution in [0.25, 0.3) is 0 Å². The molecule has 0 radical (unpaired) electrons. The molecular weight excluding hydrogens is 304 g/mol. The van der Waals surface area contributed by atoms with E-state index in [9.17, 15) is 4.79 Å². The van der Waals surface area contributed by atoms with Crippen LogP contribution in [0.15, 0.2) is 30.6 Å². The van der Waals surface area contributed by atoms with Crippen LogP contribution in [0.5, 0.6) is 5.75 Å². The molecule has 0 saturated carbocycles. The van der Waals surface area contributed by atoms with Crippen LogP contribution in [0.4, 0.5) is 0 Å². The lowest BCUT2D eigenvalue weighted by Crippen LogP contribution is -2.30. The van der Waals surface area contributed by atoms with E-state index >= 15 is 0 Å². The van der Waals surface area contributed by atoms with Gasteiger partial charge >= 0.3 is 0 Å². The van der Waals surface area contributed by atoms with Gasteiger partial charge < -0.3 is 14.6 Å². The van der Waals surface area contributed by atoms with E-state index in [1.807, 2.05) is 22.8 Å². The number of benzene rings is 1. The van der Waals surface area contributed by atoms with Crippen molar-refractivity contribution in [2.75, 3.05) is 13.2 Å². The van der Waals surface area contributed by atoms with Crippen molar-refractivity contribution in [2.24, 2.45) is 0 Å². The molecule has 0 unspecified atom stereocenters. The summed E-state index contributed by atoms with van der Waals surface area (Å²) in [6, 6.07) is 7.99. The van der Waals surface area contributed by atoms with Crippen molar-refractivity contribution < 1.29 is 9.53 Å². The van der Waals surface area contributed by atoms with Gasteiger partial charge in [-0.15, -0.1) is 10.2 Å². The third-order valence-corrected chi connectivity index (χ3v) is 4.35. The molecule has 3 rings (SSSR count). The molecule has 1 N–H and O–H groups in total. The first-order valence-electron chi connectivity index (χ1n) is 8.51. The minimum absolute atomic E-state index is 0.0795. The highest BCUT2D eigenvalue weighted by Gasteiger charge is 2.23. The summed E-state index contributed by atoms with van der Waals surface area (Å²) in [6.07, 6.45) is 3.10. The molecule has 2 heterocycles. The van der Waals surface area contributed by atoms with Gasteiger partial charge in [-0.05, 0) is 24.0 Å². The SMILES string of the molecule is CC(C)c1nncn1CCNC(=O)C[C@@H]1CCOc2ccccc21. The zero-order valence-corrected chi connectivity index (χ0v) is 14.2. The quantitative estimate of drug-likeness (QED) is 0.884. The molecule has 1 aliphatic heterocycles. The number of hydrogen-bond donors (Lipinski definition) is 1. The number of para-hydroxylation sites is 1. The number of aromatic nitrogens is 3. The van der Waals surface area contributed by atoms with E-state index in [0.717, 1.165) is 23.6 Å². The molecule has 1 aromatic carbocycles. The zero-order valence-electron chi connectivity index (χ0n) is 14.2. The highest BCUT2D eigenvalue weighted by Crippen LogP contribution is 2.35. The fourth-order valence-corrected chi connectivity index (χ4v) is 3.12. The molecule has 24 heavy (non-hydrogen) atoms. The second kappa shape index (κ2) is 7.47. The van der Waals surface area contributed by atoms with Crippen molar-refractivity contribution in [3.8, 4) is 5.75 Å². The molecule has 0 spiro atoms. The predicted octanol–water partition coefficient (Wildman–Crippen LogP) is 2.47. The first-order chi connectivity index (χ1) is 11.6. The van der Waals surface area contributed by atoms with Gasteiger partial charge in [-0.3, -0.25) is 4.79 Å². The van der Waals surface area contributed by atoms with Crippen LogP contribution in [0.2, 0.25) is 0 Å². The van der Waals surface area contributed by atoms with Crippen molar-refractivity contribution in [1.29, 1.82) is 0 Å². The summed E-state index contributed by atoms with van der Waals surface area (Å²) in [7, 11) is 0. The Bertz CT molecular complexity index is 696. The smallest absolute Gasteiger partial charge is 0.220 e. The molecule has 1 aliphatic rings. The minimum Gasteiger partial charge on any atom is -0.493 e. The molecule has 1 amide bonds. The molecule has 0 saturated heterocycles. The second-order valence-electron chi connectivity index (χ2n) is 6.46. The van der Waals surface area contributed by atoms with E-state index in [1.165, 1.54) is 0 Å². The molecule has 0 aliphatic carbocycles. The van der Waals surface area contributed by atoms with Crippen LogP contribution in [0, 0.1) is 0 Å². The second-order valence-corrected chi connectivity index (χ2v) is 6.46. The number of carbonyl (C=O) groups is 1. The normalized spacial score (nSPS) is 16.5. The molecule has 1 aromatic heterocycles. The van der Waals surface area contributed by atoms with Gasteiger partial charge in [0.25, 0.3) is 0 Å². The Morgan fingerprint density at radius 2 is 2.25 bits per heavy atom. The van der Waals surface area contributed by atoms with E-state index in [2.05, 4.69) is 35.4 Å². The molecule has 0 bridgehead atoms. The van der Waals surface area contributed by atoms with Crippen molar-refractivity contribution in [3.63, 3.8) is 0 Å². The average molecular weight is 328 g/mol.